The lowest BCUT2D eigenvalue weighted by molar-refractivity contribution is -0.145. The van der Waals surface area contributed by atoms with Gasteiger partial charge in [-0.05, 0) is 36.2 Å². The van der Waals surface area contributed by atoms with Crippen molar-refractivity contribution in [2.75, 3.05) is 0 Å². The molecule has 1 heterocycles. The minimum Gasteiger partial charge on any atom is -0.479 e. The Morgan fingerprint density at radius 1 is 1.27 bits per heavy atom. The summed E-state index contributed by atoms with van der Waals surface area (Å²) >= 11 is 5.85. The first-order valence-corrected chi connectivity index (χ1v) is 7.22. The lowest BCUT2D eigenvalue weighted by Crippen LogP contribution is -2.51. The predicted molar refractivity (Wildman–Crippen MR) is 83.9 cm³/mol. The van der Waals surface area contributed by atoms with E-state index >= 15 is 0 Å². The lowest BCUT2D eigenvalue weighted by atomic mass is 9.87. The smallest absolute Gasteiger partial charge is 0.334 e. The van der Waals surface area contributed by atoms with Gasteiger partial charge in [-0.1, -0.05) is 30.7 Å². The molecule has 2 rings (SSSR count). The van der Waals surface area contributed by atoms with Gasteiger partial charge in [0.2, 0.25) is 0 Å². The Morgan fingerprint density at radius 2 is 1.91 bits per heavy atom. The molecule has 1 aromatic heterocycles. The lowest BCUT2D eigenvalue weighted by Gasteiger charge is -2.30. The summed E-state index contributed by atoms with van der Waals surface area (Å²) in [6.07, 6.45) is 1.94. The molecule has 0 fully saturated rings. The molecule has 1 atom stereocenters. The summed E-state index contributed by atoms with van der Waals surface area (Å²) in [7, 11) is 1.73. The highest BCUT2D eigenvalue weighted by atomic mass is 35.5. The van der Waals surface area contributed by atoms with Crippen LogP contribution in [0.3, 0.4) is 0 Å². The molecule has 0 aliphatic heterocycles. The van der Waals surface area contributed by atoms with Gasteiger partial charge < -0.3 is 15.0 Å². The molecule has 2 N–H and O–H groups in total. The highest BCUT2D eigenvalue weighted by molar-refractivity contribution is 6.30. The standard InChI is InChI=1S/C16H17ClN2O3/c1-3-16(15(21)22,11-6-8-12(17)9-7-11)18-14(20)13-5-4-10-19(13)2/h4-10H,3H2,1-2H3,(H,18,20)(H,21,22). The van der Waals surface area contributed by atoms with Crippen LogP contribution in [0.25, 0.3) is 0 Å². The van der Waals surface area contributed by atoms with Crippen LogP contribution in [0, 0.1) is 0 Å². The third-order valence-corrected chi connectivity index (χ3v) is 3.99. The monoisotopic (exact) mass is 320 g/mol. The fraction of sp³-hybridized carbons (Fsp3) is 0.250. The number of halogens is 1. The summed E-state index contributed by atoms with van der Waals surface area (Å²) in [6.45, 7) is 1.72. The average molecular weight is 321 g/mol. The molecule has 6 heteroatoms. The van der Waals surface area contributed by atoms with E-state index in [0.717, 1.165) is 0 Å². The number of carboxylic acids is 1. The molecular weight excluding hydrogens is 304 g/mol. The van der Waals surface area contributed by atoms with Crippen LogP contribution in [0.4, 0.5) is 0 Å². The Hall–Kier alpha value is -2.27. The van der Waals surface area contributed by atoms with Gasteiger partial charge in [0.25, 0.3) is 5.91 Å². The largest absolute Gasteiger partial charge is 0.479 e. The topological polar surface area (TPSA) is 71.3 Å². The van der Waals surface area contributed by atoms with Crippen molar-refractivity contribution in [1.82, 2.24) is 9.88 Å². The molecule has 116 valence electrons. The maximum absolute atomic E-state index is 12.4. The second-order valence-electron chi connectivity index (χ2n) is 5.03. The maximum Gasteiger partial charge on any atom is 0.334 e. The Bertz CT molecular complexity index is 694. The fourth-order valence-electron chi connectivity index (χ4n) is 2.38. The highest BCUT2D eigenvalue weighted by Gasteiger charge is 2.40. The van der Waals surface area contributed by atoms with Crippen molar-refractivity contribution >= 4 is 23.5 Å². The number of nitrogens with one attached hydrogen (secondary N) is 1. The molecule has 2 aromatic rings. The zero-order valence-electron chi connectivity index (χ0n) is 12.3. The molecule has 0 saturated heterocycles. The van der Waals surface area contributed by atoms with Crippen molar-refractivity contribution in [3.63, 3.8) is 0 Å². The van der Waals surface area contributed by atoms with Gasteiger partial charge in [0.1, 0.15) is 5.69 Å². The molecule has 5 nitrogen and oxygen atoms in total. The molecule has 0 radical (unpaired) electrons. The Kier molecular flexibility index (Phi) is 4.56. The van der Waals surface area contributed by atoms with Crippen LogP contribution in [-0.2, 0) is 17.4 Å². The van der Waals surface area contributed by atoms with Crippen molar-refractivity contribution in [2.45, 2.75) is 18.9 Å². The van der Waals surface area contributed by atoms with Crippen LogP contribution >= 0.6 is 11.6 Å². The summed E-state index contributed by atoms with van der Waals surface area (Å²) in [4.78, 5) is 24.3. The van der Waals surface area contributed by atoms with Gasteiger partial charge in [0.05, 0.1) is 0 Å². The molecule has 1 unspecified atom stereocenters. The summed E-state index contributed by atoms with van der Waals surface area (Å²) < 4.78 is 1.64. The molecule has 1 amide bonds. The van der Waals surface area contributed by atoms with Crippen LogP contribution in [0.15, 0.2) is 42.6 Å². The minimum atomic E-state index is -1.49. The summed E-state index contributed by atoms with van der Waals surface area (Å²) in [5.41, 5.74) is -0.617. The number of aliphatic carboxylic acids is 1. The van der Waals surface area contributed by atoms with E-state index in [9.17, 15) is 14.7 Å². The number of hydrogen-bond donors (Lipinski definition) is 2. The number of hydrogen-bond acceptors (Lipinski definition) is 2. The summed E-state index contributed by atoms with van der Waals surface area (Å²) in [5, 5.41) is 12.9. The van der Waals surface area contributed by atoms with Crippen LogP contribution in [0.2, 0.25) is 5.02 Å². The van der Waals surface area contributed by atoms with Crippen LogP contribution in [-0.4, -0.2) is 21.6 Å². The Labute approximate surface area is 133 Å². The Morgan fingerprint density at radius 3 is 2.36 bits per heavy atom. The number of rotatable bonds is 5. The zero-order chi connectivity index (χ0) is 16.3. The summed E-state index contributed by atoms with van der Waals surface area (Å²) in [6, 6.07) is 9.82. The molecule has 0 spiro atoms. The van der Waals surface area contributed by atoms with E-state index in [1.165, 1.54) is 0 Å². The van der Waals surface area contributed by atoms with Gasteiger partial charge in [-0.2, -0.15) is 0 Å². The molecule has 22 heavy (non-hydrogen) atoms. The van der Waals surface area contributed by atoms with E-state index in [4.69, 9.17) is 11.6 Å². The van der Waals surface area contributed by atoms with E-state index < -0.39 is 17.4 Å². The van der Waals surface area contributed by atoms with Gasteiger partial charge >= 0.3 is 5.97 Å². The third-order valence-electron chi connectivity index (χ3n) is 3.74. The number of benzene rings is 1. The second-order valence-corrected chi connectivity index (χ2v) is 5.47. The quantitative estimate of drug-likeness (QED) is 0.890. The number of aryl methyl sites for hydroxylation is 1. The van der Waals surface area contributed by atoms with Gasteiger partial charge in [-0.25, -0.2) is 4.79 Å². The van der Waals surface area contributed by atoms with Gasteiger partial charge in [-0.3, -0.25) is 4.79 Å². The first-order valence-electron chi connectivity index (χ1n) is 6.84. The second kappa shape index (κ2) is 6.23. The summed E-state index contributed by atoms with van der Waals surface area (Å²) in [5.74, 6) is -1.55. The first-order chi connectivity index (χ1) is 10.4. The number of carboxylic acid groups (broad SMARTS) is 1. The average Bonchev–Trinajstić information content (AvgIpc) is 2.91. The van der Waals surface area contributed by atoms with Crippen molar-refractivity contribution in [3.05, 3.63) is 58.9 Å². The van der Waals surface area contributed by atoms with Crippen molar-refractivity contribution in [3.8, 4) is 0 Å². The van der Waals surface area contributed by atoms with Gasteiger partial charge in [-0.15, -0.1) is 0 Å². The Balaban J connectivity index is 2.42. The van der Waals surface area contributed by atoms with E-state index in [1.54, 1.807) is 61.1 Å². The molecule has 0 aliphatic rings. The minimum absolute atomic E-state index is 0.208. The molecule has 0 aliphatic carbocycles. The molecule has 0 bridgehead atoms. The van der Waals surface area contributed by atoms with Crippen molar-refractivity contribution < 1.29 is 14.7 Å². The molecule has 0 saturated carbocycles. The SMILES string of the molecule is CCC(NC(=O)c1cccn1C)(C(=O)O)c1ccc(Cl)cc1. The maximum atomic E-state index is 12.4. The van der Waals surface area contributed by atoms with Crippen molar-refractivity contribution in [2.24, 2.45) is 7.05 Å². The van der Waals surface area contributed by atoms with E-state index in [0.29, 0.717) is 16.3 Å². The van der Waals surface area contributed by atoms with Gasteiger partial charge in [0.15, 0.2) is 5.54 Å². The first kappa shape index (κ1) is 16.1. The van der Waals surface area contributed by atoms with Crippen LogP contribution in [0.5, 0.6) is 0 Å². The zero-order valence-corrected chi connectivity index (χ0v) is 13.1. The predicted octanol–water partition coefficient (Wildman–Crippen LogP) is 2.80. The van der Waals surface area contributed by atoms with E-state index in [2.05, 4.69) is 5.32 Å². The fourth-order valence-corrected chi connectivity index (χ4v) is 2.51. The number of aromatic nitrogens is 1. The van der Waals surface area contributed by atoms with E-state index in [-0.39, 0.29) is 6.42 Å². The van der Waals surface area contributed by atoms with Crippen LogP contribution in [0.1, 0.15) is 29.4 Å². The molecule has 1 aromatic carbocycles. The third kappa shape index (κ3) is 2.85. The number of carbonyl (C=O) groups is 2. The number of carbonyl (C=O) groups excluding carboxylic acids is 1. The van der Waals surface area contributed by atoms with E-state index in [1.807, 2.05) is 0 Å². The highest BCUT2D eigenvalue weighted by Crippen LogP contribution is 2.27. The number of nitrogens with zero attached hydrogens (tertiary/aromatic N) is 1. The van der Waals surface area contributed by atoms with Crippen LogP contribution < -0.4 is 5.32 Å². The number of amides is 1. The normalized spacial score (nSPS) is 13.4. The van der Waals surface area contributed by atoms with Crippen molar-refractivity contribution in [1.29, 1.82) is 0 Å². The van der Waals surface area contributed by atoms with Gasteiger partial charge in [0, 0.05) is 18.3 Å². The molecular formula is C16H17ClN2O3.